The Labute approximate surface area is 147 Å². The number of halogens is 1. The van der Waals surface area contributed by atoms with Crippen molar-refractivity contribution in [2.75, 3.05) is 13.7 Å². The molecular weight excluding hydrogens is 326 g/mol. The minimum Gasteiger partial charge on any atom is -0.497 e. The van der Waals surface area contributed by atoms with E-state index in [0.717, 1.165) is 17.7 Å². The van der Waals surface area contributed by atoms with Crippen LogP contribution in [0.4, 0.5) is 0 Å². The molecule has 1 N–H and O–H groups in total. The molecule has 2 aromatic carbocycles. The van der Waals surface area contributed by atoms with Gasteiger partial charge in [-0.1, -0.05) is 23.7 Å². The lowest BCUT2D eigenvalue weighted by Gasteiger charge is -2.25. The van der Waals surface area contributed by atoms with Crippen LogP contribution in [-0.2, 0) is 11.2 Å². The normalized spacial score (nSPS) is 11.0. The number of rotatable bonds is 7. The first-order chi connectivity index (χ1) is 11.4. The monoisotopic (exact) mass is 347 g/mol. The molecular formula is C19H22ClNO3. The Morgan fingerprint density at radius 2 is 1.62 bits per heavy atom. The van der Waals surface area contributed by atoms with Crippen molar-refractivity contribution < 1.29 is 14.3 Å². The molecule has 0 fully saturated rings. The van der Waals surface area contributed by atoms with Crippen molar-refractivity contribution in [2.45, 2.75) is 25.9 Å². The number of methoxy groups -OCH3 is 1. The summed E-state index contributed by atoms with van der Waals surface area (Å²) in [6.45, 7) is 4.02. The van der Waals surface area contributed by atoms with E-state index in [0.29, 0.717) is 17.3 Å². The fraction of sp³-hybridized carbons (Fsp3) is 0.316. The van der Waals surface area contributed by atoms with Gasteiger partial charge in [-0.2, -0.15) is 0 Å². The lowest BCUT2D eigenvalue weighted by Crippen LogP contribution is -2.47. The van der Waals surface area contributed by atoms with Gasteiger partial charge in [0.1, 0.15) is 11.5 Å². The summed E-state index contributed by atoms with van der Waals surface area (Å²) in [5.41, 5.74) is 0.167. The molecule has 0 atom stereocenters. The molecule has 0 saturated heterocycles. The van der Waals surface area contributed by atoms with E-state index in [2.05, 4.69) is 5.32 Å². The Balaban J connectivity index is 1.84. The number of carbonyl (C=O) groups is 1. The summed E-state index contributed by atoms with van der Waals surface area (Å²) in [6.07, 6.45) is 0.743. The zero-order valence-corrected chi connectivity index (χ0v) is 14.9. The molecule has 0 aromatic heterocycles. The van der Waals surface area contributed by atoms with Gasteiger partial charge in [0.05, 0.1) is 7.11 Å². The van der Waals surface area contributed by atoms with E-state index in [1.165, 1.54) is 0 Å². The quantitative estimate of drug-likeness (QED) is 0.827. The van der Waals surface area contributed by atoms with Gasteiger partial charge in [-0.3, -0.25) is 4.79 Å². The summed E-state index contributed by atoms with van der Waals surface area (Å²) in [6, 6.07) is 14.7. The highest BCUT2D eigenvalue weighted by molar-refractivity contribution is 6.30. The standard InChI is InChI=1S/C19H22ClNO3/c1-19(2,24-17-10-6-15(20)7-11-17)18(22)21-13-12-14-4-8-16(23-3)9-5-14/h4-11H,12-13H2,1-3H3,(H,21,22). The van der Waals surface area contributed by atoms with Gasteiger partial charge in [-0.25, -0.2) is 0 Å². The molecule has 0 radical (unpaired) electrons. The van der Waals surface area contributed by atoms with Crippen LogP contribution >= 0.6 is 11.6 Å². The summed E-state index contributed by atoms with van der Waals surface area (Å²) in [4.78, 5) is 12.3. The number of amides is 1. The maximum absolute atomic E-state index is 12.3. The molecule has 0 bridgehead atoms. The average Bonchev–Trinajstić information content (AvgIpc) is 2.57. The van der Waals surface area contributed by atoms with Crippen LogP contribution in [0.5, 0.6) is 11.5 Å². The van der Waals surface area contributed by atoms with Gasteiger partial charge in [0.2, 0.25) is 0 Å². The van der Waals surface area contributed by atoms with Crippen LogP contribution in [0.3, 0.4) is 0 Å². The van der Waals surface area contributed by atoms with Crippen LogP contribution in [0.15, 0.2) is 48.5 Å². The lowest BCUT2D eigenvalue weighted by molar-refractivity contribution is -0.134. The molecule has 0 aliphatic rings. The summed E-state index contributed by atoms with van der Waals surface area (Å²) in [7, 11) is 1.64. The maximum atomic E-state index is 12.3. The second kappa shape index (κ2) is 8.06. The van der Waals surface area contributed by atoms with E-state index in [1.807, 2.05) is 24.3 Å². The molecule has 24 heavy (non-hydrogen) atoms. The van der Waals surface area contributed by atoms with Gasteiger partial charge >= 0.3 is 0 Å². The Morgan fingerprint density at radius 3 is 2.21 bits per heavy atom. The van der Waals surface area contributed by atoms with Gasteiger partial charge in [-0.15, -0.1) is 0 Å². The minimum absolute atomic E-state index is 0.161. The molecule has 1 amide bonds. The van der Waals surface area contributed by atoms with Crippen molar-refractivity contribution in [1.82, 2.24) is 5.32 Å². The summed E-state index contributed by atoms with van der Waals surface area (Å²) in [5.74, 6) is 1.26. The molecule has 128 valence electrons. The van der Waals surface area contributed by atoms with E-state index in [9.17, 15) is 4.79 Å². The first-order valence-electron chi connectivity index (χ1n) is 7.76. The second-order valence-corrected chi connectivity index (χ2v) is 6.36. The van der Waals surface area contributed by atoms with Gasteiger partial charge in [-0.05, 0) is 62.2 Å². The molecule has 0 spiro atoms. The van der Waals surface area contributed by atoms with E-state index < -0.39 is 5.60 Å². The van der Waals surface area contributed by atoms with Crippen LogP contribution < -0.4 is 14.8 Å². The second-order valence-electron chi connectivity index (χ2n) is 5.92. The Bertz CT molecular complexity index is 666. The first kappa shape index (κ1) is 18.1. The molecule has 0 saturated carbocycles. The fourth-order valence-electron chi connectivity index (χ4n) is 2.17. The smallest absolute Gasteiger partial charge is 0.263 e. The zero-order valence-electron chi connectivity index (χ0n) is 14.1. The van der Waals surface area contributed by atoms with Crippen molar-refractivity contribution in [3.63, 3.8) is 0 Å². The number of carbonyl (C=O) groups excluding carboxylic acids is 1. The van der Waals surface area contributed by atoms with Crippen LogP contribution in [0, 0.1) is 0 Å². The van der Waals surface area contributed by atoms with Crippen molar-refractivity contribution >= 4 is 17.5 Å². The minimum atomic E-state index is -0.965. The van der Waals surface area contributed by atoms with Gasteiger partial charge in [0.25, 0.3) is 5.91 Å². The SMILES string of the molecule is COc1ccc(CCNC(=O)C(C)(C)Oc2ccc(Cl)cc2)cc1. The topological polar surface area (TPSA) is 47.6 Å². The van der Waals surface area contributed by atoms with Crippen LogP contribution in [0.25, 0.3) is 0 Å². The highest BCUT2D eigenvalue weighted by Crippen LogP contribution is 2.21. The molecule has 0 heterocycles. The largest absolute Gasteiger partial charge is 0.497 e. The Morgan fingerprint density at radius 1 is 1.04 bits per heavy atom. The first-order valence-corrected chi connectivity index (χ1v) is 8.14. The van der Waals surface area contributed by atoms with Gasteiger partial charge in [0, 0.05) is 11.6 Å². The number of benzene rings is 2. The zero-order chi connectivity index (χ0) is 17.6. The van der Waals surface area contributed by atoms with Crippen molar-refractivity contribution in [3.8, 4) is 11.5 Å². The van der Waals surface area contributed by atoms with E-state index in [-0.39, 0.29) is 5.91 Å². The predicted molar refractivity (Wildman–Crippen MR) is 95.9 cm³/mol. The third-order valence-corrected chi connectivity index (χ3v) is 3.84. The van der Waals surface area contributed by atoms with Crippen molar-refractivity contribution in [2.24, 2.45) is 0 Å². The van der Waals surface area contributed by atoms with E-state index in [4.69, 9.17) is 21.1 Å². The number of hydrogen-bond donors (Lipinski definition) is 1. The molecule has 0 aliphatic heterocycles. The maximum Gasteiger partial charge on any atom is 0.263 e. The highest BCUT2D eigenvalue weighted by atomic mass is 35.5. The van der Waals surface area contributed by atoms with Crippen LogP contribution in [0.1, 0.15) is 19.4 Å². The molecule has 0 unspecified atom stereocenters. The van der Waals surface area contributed by atoms with Gasteiger partial charge < -0.3 is 14.8 Å². The molecule has 2 aromatic rings. The van der Waals surface area contributed by atoms with Gasteiger partial charge in [0.15, 0.2) is 5.60 Å². The van der Waals surface area contributed by atoms with Crippen LogP contribution in [0.2, 0.25) is 5.02 Å². The molecule has 0 aliphatic carbocycles. The average molecular weight is 348 g/mol. The lowest BCUT2D eigenvalue weighted by atomic mass is 10.1. The van der Waals surface area contributed by atoms with Crippen LogP contribution in [-0.4, -0.2) is 25.2 Å². The summed E-state index contributed by atoms with van der Waals surface area (Å²) >= 11 is 5.85. The van der Waals surface area contributed by atoms with Crippen molar-refractivity contribution in [1.29, 1.82) is 0 Å². The molecule has 2 rings (SSSR count). The third kappa shape index (κ3) is 5.17. The predicted octanol–water partition coefficient (Wildman–Crippen LogP) is 3.86. The Kier molecular flexibility index (Phi) is 6.10. The summed E-state index contributed by atoms with van der Waals surface area (Å²) in [5, 5.41) is 3.54. The molecule has 5 heteroatoms. The molecule has 4 nitrogen and oxygen atoms in total. The van der Waals surface area contributed by atoms with E-state index in [1.54, 1.807) is 45.2 Å². The van der Waals surface area contributed by atoms with Crippen molar-refractivity contribution in [3.05, 3.63) is 59.1 Å². The summed E-state index contributed by atoms with van der Waals surface area (Å²) < 4.78 is 10.9. The number of nitrogens with one attached hydrogen (secondary N) is 1. The highest BCUT2D eigenvalue weighted by Gasteiger charge is 2.29. The number of ether oxygens (including phenoxy) is 2. The third-order valence-electron chi connectivity index (χ3n) is 3.59. The Hall–Kier alpha value is -2.20. The number of hydrogen-bond acceptors (Lipinski definition) is 3. The van der Waals surface area contributed by atoms with E-state index >= 15 is 0 Å². The fourth-order valence-corrected chi connectivity index (χ4v) is 2.30.